The lowest BCUT2D eigenvalue weighted by Gasteiger charge is -2.13. The molecule has 2 aromatic carbocycles. The summed E-state index contributed by atoms with van der Waals surface area (Å²) in [4.78, 5) is 0. The van der Waals surface area contributed by atoms with Crippen LogP contribution >= 0.6 is 0 Å². The second-order valence-electron chi connectivity index (χ2n) is 5.59. The zero-order valence-corrected chi connectivity index (χ0v) is 13.7. The third-order valence-corrected chi connectivity index (χ3v) is 3.71. The van der Waals surface area contributed by atoms with Crippen molar-refractivity contribution >= 4 is 0 Å². The van der Waals surface area contributed by atoms with E-state index in [4.69, 9.17) is 15.2 Å². The molecule has 2 rings (SSSR count). The van der Waals surface area contributed by atoms with Crippen LogP contribution in [0.4, 0.5) is 0 Å². The number of nitrogens with two attached hydrogens (primary N) is 1. The first-order valence-electron chi connectivity index (χ1n) is 7.72. The van der Waals surface area contributed by atoms with Crippen LogP contribution in [-0.2, 0) is 6.42 Å². The van der Waals surface area contributed by atoms with Gasteiger partial charge >= 0.3 is 0 Å². The van der Waals surface area contributed by atoms with E-state index in [0.29, 0.717) is 19.8 Å². The van der Waals surface area contributed by atoms with Crippen LogP contribution in [0.1, 0.15) is 22.3 Å². The molecule has 0 aromatic heterocycles. The van der Waals surface area contributed by atoms with Gasteiger partial charge in [0.25, 0.3) is 0 Å². The lowest BCUT2D eigenvalue weighted by Crippen LogP contribution is -2.10. The predicted molar refractivity (Wildman–Crippen MR) is 90.8 cm³/mol. The van der Waals surface area contributed by atoms with E-state index in [-0.39, 0.29) is 0 Å². The summed E-state index contributed by atoms with van der Waals surface area (Å²) < 4.78 is 11.6. The molecule has 0 amide bonds. The Kier molecular flexibility index (Phi) is 5.84. The van der Waals surface area contributed by atoms with E-state index in [1.165, 1.54) is 22.3 Å². The molecule has 2 N–H and O–H groups in total. The van der Waals surface area contributed by atoms with Crippen molar-refractivity contribution < 1.29 is 9.47 Å². The Morgan fingerprint density at radius 2 is 1.73 bits per heavy atom. The number of rotatable bonds is 7. The number of aryl methyl sites for hydroxylation is 2. The van der Waals surface area contributed by atoms with Gasteiger partial charge in [0.1, 0.15) is 24.7 Å². The Bertz CT molecular complexity index is 623. The molecule has 0 unspecified atom stereocenters. The topological polar surface area (TPSA) is 44.5 Å². The summed E-state index contributed by atoms with van der Waals surface area (Å²) >= 11 is 0. The minimum atomic E-state index is 0.526. The molecule has 3 heteroatoms. The number of ether oxygens (including phenoxy) is 2. The molecule has 0 aliphatic rings. The molecule has 0 aliphatic carbocycles. The van der Waals surface area contributed by atoms with Gasteiger partial charge in [-0.3, -0.25) is 0 Å². The van der Waals surface area contributed by atoms with Gasteiger partial charge in [0.05, 0.1) is 0 Å². The van der Waals surface area contributed by atoms with Crippen LogP contribution in [0.25, 0.3) is 0 Å². The average molecular weight is 299 g/mol. The highest BCUT2D eigenvalue weighted by Crippen LogP contribution is 2.23. The highest BCUT2D eigenvalue weighted by Gasteiger charge is 2.04. The molecule has 0 saturated heterocycles. The third-order valence-electron chi connectivity index (χ3n) is 3.71. The smallest absolute Gasteiger partial charge is 0.122 e. The van der Waals surface area contributed by atoms with Gasteiger partial charge in [0.2, 0.25) is 0 Å². The molecule has 118 valence electrons. The fraction of sp³-hybridized carbons (Fsp3) is 0.368. The lowest BCUT2D eigenvalue weighted by molar-refractivity contribution is 0.216. The second kappa shape index (κ2) is 7.85. The van der Waals surface area contributed by atoms with E-state index >= 15 is 0 Å². The fourth-order valence-electron chi connectivity index (χ4n) is 2.42. The quantitative estimate of drug-likeness (QED) is 0.795. The molecular formula is C19H25NO2. The summed E-state index contributed by atoms with van der Waals surface area (Å²) in [6.07, 6.45) is 0.870. The first-order valence-corrected chi connectivity index (χ1v) is 7.72. The molecule has 0 fully saturated rings. The first kappa shape index (κ1) is 16.4. The molecule has 3 nitrogen and oxygen atoms in total. The predicted octanol–water partition coefficient (Wildman–Crippen LogP) is 3.57. The molecule has 0 saturated carbocycles. The maximum absolute atomic E-state index is 5.85. The standard InChI is InChI=1S/C19H25NO2/c1-14-11-15(2)16(3)19(12-14)22-10-9-21-18-6-4-5-17(13-18)7-8-20/h4-6,11-13H,7-10,20H2,1-3H3. The number of hydrogen-bond donors (Lipinski definition) is 1. The van der Waals surface area contributed by atoms with Gasteiger partial charge in [0.15, 0.2) is 0 Å². The van der Waals surface area contributed by atoms with Gasteiger partial charge in [-0.15, -0.1) is 0 Å². The monoisotopic (exact) mass is 299 g/mol. The molecule has 0 spiro atoms. The van der Waals surface area contributed by atoms with Crippen molar-refractivity contribution in [3.8, 4) is 11.5 Å². The van der Waals surface area contributed by atoms with Gasteiger partial charge in [-0.25, -0.2) is 0 Å². The fourth-order valence-corrected chi connectivity index (χ4v) is 2.42. The van der Waals surface area contributed by atoms with Crippen molar-refractivity contribution in [2.24, 2.45) is 5.73 Å². The average Bonchev–Trinajstić information content (AvgIpc) is 2.49. The van der Waals surface area contributed by atoms with Crippen molar-refractivity contribution in [3.63, 3.8) is 0 Å². The van der Waals surface area contributed by atoms with Crippen molar-refractivity contribution in [1.82, 2.24) is 0 Å². The minimum absolute atomic E-state index is 0.526. The van der Waals surface area contributed by atoms with Crippen molar-refractivity contribution in [2.45, 2.75) is 27.2 Å². The molecule has 22 heavy (non-hydrogen) atoms. The molecule has 0 heterocycles. The Morgan fingerprint density at radius 3 is 2.50 bits per heavy atom. The minimum Gasteiger partial charge on any atom is -0.490 e. The summed E-state index contributed by atoms with van der Waals surface area (Å²) in [5.74, 6) is 1.81. The number of hydrogen-bond acceptors (Lipinski definition) is 3. The van der Waals surface area contributed by atoms with Gasteiger partial charge < -0.3 is 15.2 Å². The lowest BCUT2D eigenvalue weighted by atomic mass is 10.1. The van der Waals surface area contributed by atoms with Gasteiger partial charge in [-0.05, 0) is 74.2 Å². The first-order chi connectivity index (χ1) is 10.6. The van der Waals surface area contributed by atoms with Crippen molar-refractivity contribution in [3.05, 3.63) is 58.7 Å². The largest absolute Gasteiger partial charge is 0.490 e. The Morgan fingerprint density at radius 1 is 0.955 bits per heavy atom. The highest BCUT2D eigenvalue weighted by molar-refractivity contribution is 5.41. The van der Waals surface area contributed by atoms with Crippen molar-refractivity contribution in [2.75, 3.05) is 19.8 Å². The molecule has 0 aliphatic heterocycles. The molecule has 2 aromatic rings. The van der Waals surface area contributed by atoms with Crippen LogP contribution in [0, 0.1) is 20.8 Å². The van der Waals surface area contributed by atoms with Crippen LogP contribution in [0.2, 0.25) is 0 Å². The van der Waals surface area contributed by atoms with Gasteiger partial charge in [-0.2, -0.15) is 0 Å². The van der Waals surface area contributed by atoms with E-state index in [9.17, 15) is 0 Å². The van der Waals surface area contributed by atoms with E-state index in [1.807, 2.05) is 18.2 Å². The number of benzene rings is 2. The van der Waals surface area contributed by atoms with E-state index in [2.05, 4.69) is 39.0 Å². The summed E-state index contributed by atoms with van der Waals surface area (Å²) in [5, 5.41) is 0. The normalized spacial score (nSPS) is 10.5. The summed E-state index contributed by atoms with van der Waals surface area (Å²) in [7, 11) is 0. The maximum atomic E-state index is 5.85. The molecule has 0 radical (unpaired) electrons. The maximum Gasteiger partial charge on any atom is 0.122 e. The van der Waals surface area contributed by atoms with Crippen LogP contribution in [0.3, 0.4) is 0 Å². The summed E-state index contributed by atoms with van der Waals surface area (Å²) in [6, 6.07) is 12.3. The second-order valence-corrected chi connectivity index (χ2v) is 5.59. The Hall–Kier alpha value is -2.00. The third kappa shape index (κ3) is 4.50. The highest BCUT2D eigenvalue weighted by atomic mass is 16.5. The van der Waals surface area contributed by atoms with E-state index in [1.54, 1.807) is 0 Å². The molecular weight excluding hydrogens is 274 g/mol. The molecule has 0 atom stereocenters. The zero-order valence-electron chi connectivity index (χ0n) is 13.7. The summed E-state index contributed by atoms with van der Waals surface area (Å²) in [5.41, 5.74) is 10.4. The molecule has 0 bridgehead atoms. The zero-order chi connectivity index (χ0) is 15.9. The van der Waals surface area contributed by atoms with Gasteiger partial charge in [-0.1, -0.05) is 18.2 Å². The van der Waals surface area contributed by atoms with Crippen LogP contribution in [0.5, 0.6) is 11.5 Å². The van der Waals surface area contributed by atoms with E-state index < -0.39 is 0 Å². The van der Waals surface area contributed by atoms with E-state index in [0.717, 1.165) is 17.9 Å². The van der Waals surface area contributed by atoms with Crippen LogP contribution < -0.4 is 15.2 Å². The Labute approximate surface area is 133 Å². The SMILES string of the molecule is Cc1cc(C)c(C)c(OCCOc2cccc(CCN)c2)c1. The van der Waals surface area contributed by atoms with Crippen LogP contribution in [0.15, 0.2) is 36.4 Å². The van der Waals surface area contributed by atoms with Crippen LogP contribution in [-0.4, -0.2) is 19.8 Å². The van der Waals surface area contributed by atoms with Gasteiger partial charge in [0, 0.05) is 0 Å². The Balaban J connectivity index is 1.86. The summed E-state index contributed by atoms with van der Waals surface area (Å²) in [6.45, 7) is 7.98. The van der Waals surface area contributed by atoms with Crippen molar-refractivity contribution in [1.29, 1.82) is 0 Å².